The zero-order chi connectivity index (χ0) is 13.1. The molecule has 96 valence electrons. The van der Waals surface area contributed by atoms with E-state index in [1.54, 1.807) is 0 Å². The second-order valence-electron chi connectivity index (χ2n) is 2.51. The Labute approximate surface area is 132 Å². The van der Waals surface area contributed by atoms with Crippen LogP contribution in [0.4, 0.5) is 4.79 Å². The lowest BCUT2D eigenvalue weighted by atomic mass is 10.6. The summed E-state index contributed by atoms with van der Waals surface area (Å²) in [5.74, 6) is 0. The Morgan fingerprint density at radius 2 is 1.44 bits per heavy atom. The first-order chi connectivity index (χ1) is 6.94. The molecule has 4 N–H and O–H groups in total. The standard InChI is InChI=1S/C5H6Br3Cl3N2O3/c6-4(7,8)1(14)12-3(16)13-2(15)5(9,10)11/h1-2,14-15H,(H2,12,13,16). The number of aliphatic hydroxyl groups excluding tert-OH is 2. The molecule has 0 aromatic heterocycles. The molecule has 0 saturated heterocycles. The molecule has 0 bridgehead atoms. The fourth-order valence-electron chi connectivity index (χ4n) is 0.454. The highest BCUT2D eigenvalue weighted by molar-refractivity contribution is 9.39. The van der Waals surface area contributed by atoms with E-state index in [0.717, 1.165) is 0 Å². The summed E-state index contributed by atoms with van der Waals surface area (Å²) in [6.45, 7) is 0. The van der Waals surface area contributed by atoms with E-state index in [-0.39, 0.29) is 0 Å². The second kappa shape index (κ2) is 6.60. The van der Waals surface area contributed by atoms with Crippen molar-refractivity contribution in [2.45, 2.75) is 18.4 Å². The highest BCUT2D eigenvalue weighted by Gasteiger charge is 2.34. The SMILES string of the molecule is O=C(NC(O)C(Cl)(Cl)Cl)NC(O)C(Br)(Br)Br. The van der Waals surface area contributed by atoms with Crippen LogP contribution < -0.4 is 10.6 Å². The number of alkyl halides is 6. The second-order valence-corrected chi connectivity index (χ2v) is 11.8. The average Bonchev–Trinajstić information content (AvgIpc) is 1.99. The van der Waals surface area contributed by atoms with Crippen molar-refractivity contribution in [3.63, 3.8) is 0 Å². The summed E-state index contributed by atoms with van der Waals surface area (Å²) >= 11 is 24.8. The zero-order valence-electron chi connectivity index (χ0n) is 7.23. The third kappa shape index (κ3) is 7.05. The number of nitrogens with one attached hydrogen (secondary N) is 2. The number of carbonyl (C=O) groups excluding carboxylic acids is 1. The summed E-state index contributed by atoms with van der Waals surface area (Å²) in [7, 11) is 0. The van der Waals surface area contributed by atoms with Gasteiger partial charge in [-0.2, -0.15) is 0 Å². The van der Waals surface area contributed by atoms with Gasteiger partial charge in [-0.05, 0) is 0 Å². The summed E-state index contributed by atoms with van der Waals surface area (Å²) < 4.78 is -3.16. The molecule has 0 aromatic rings. The molecular formula is C5H6Br3Cl3N2O3. The molecule has 0 aliphatic rings. The van der Waals surface area contributed by atoms with E-state index in [1.807, 2.05) is 5.32 Å². The summed E-state index contributed by atoms with van der Waals surface area (Å²) in [6, 6.07) is -0.922. The van der Waals surface area contributed by atoms with Gasteiger partial charge in [0.1, 0.15) is 0 Å². The maximum atomic E-state index is 11.2. The van der Waals surface area contributed by atoms with Crippen molar-refractivity contribution in [2.75, 3.05) is 0 Å². The van der Waals surface area contributed by atoms with Crippen molar-refractivity contribution >= 4 is 88.6 Å². The first-order valence-electron chi connectivity index (χ1n) is 3.51. The maximum absolute atomic E-state index is 11.2. The van der Waals surface area contributed by atoms with Crippen molar-refractivity contribution in [1.82, 2.24) is 10.6 Å². The number of halogens is 6. The van der Waals surface area contributed by atoms with E-state index in [9.17, 15) is 15.0 Å². The van der Waals surface area contributed by atoms with E-state index in [4.69, 9.17) is 34.8 Å². The molecule has 0 radical (unpaired) electrons. The monoisotopic (exact) mass is 484 g/mol. The molecule has 16 heavy (non-hydrogen) atoms. The predicted octanol–water partition coefficient (Wildman–Crippen LogP) is 2.13. The molecule has 0 aromatic carbocycles. The Hall–Kier alpha value is 1.50. The van der Waals surface area contributed by atoms with Crippen molar-refractivity contribution < 1.29 is 15.0 Å². The lowest BCUT2D eigenvalue weighted by molar-refractivity contribution is 0.124. The predicted molar refractivity (Wildman–Crippen MR) is 73.5 cm³/mol. The van der Waals surface area contributed by atoms with E-state index in [1.165, 1.54) is 0 Å². The van der Waals surface area contributed by atoms with Crippen LogP contribution in [-0.4, -0.2) is 34.6 Å². The molecule has 0 aliphatic carbocycles. The quantitative estimate of drug-likeness (QED) is 0.356. The largest absolute Gasteiger partial charge is 0.370 e. The smallest absolute Gasteiger partial charge is 0.319 e. The van der Waals surface area contributed by atoms with Gasteiger partial charge in [-0.1, -0.05) is 82.6 Å². The van der Waals surface area contributed by atoms with Gasteiger partial charge in [-0.25, -0.2) is 4.79 Å². The van der Waals surface area contributed by atoms with Gasteiger partial charge < -0.3 is 20.8 Å². The first kappa shape index (κ1) is 17.5. The Morgan fingerprint density at radius 1 is 1.06 bits per heavy atom. The molecule has 0 spiro atoms. The van der Waals surface area contributed by atoms with Crippen LogP contribution >= 0.6 is 82.6 Å². The van der Waals surface area contributed by atoms with E-state index in [0.29, 0.717) is 0 Å². The average molecular weight is 488 g/mol. The summed E-state index contributed by atoms with van der Waals surface area (Å²) in [6.07, 6.45) is -3.05. The van der Waals surface area contributed by atoms with Gasteiger partial charge in [0.15, 0.2) is 14.6 Å². The van der Waals surface area contributed by atoms with Gasteiger partial charge in [0.2, 0.25) is 3.79 Å². The van der Waals surface area contributed by atoms with Gasteiger partial charge in [-0.3, -0.25) is 0 Å². The van der Waals surface area contributed by atoms with Crippen molar-refractivity contribution in [2.24, 2.45) is 0 Å². The Bertz CT molecular complexity index is 234. The van der Waals surface area contributed by atoms with E-state index < -0.39 is 24.4 Å². The Kier molecular flexibility index (Phi) is 7.22. The fraction of sp³-hybridized carbons (Fsp3) is 0.800. The number of amides is 2. The molecule has 2 amide bonds. The number of aliphatic hydroxyl groups is 2. The van der Waals surface area contributed by atoms with Crippen molar-refractivity contribution in [3.05, 3.63) is 0 Å². The summed E-state index contributed by atoms with van der Waals surface area (Å²) in [5.41, 5.74) is 0. The molecule has 5 nitrogen and oxygen atoms in total. The molecule has 0 heterocycles. The number of hydrogen-bond acceptors (Lipinski definition) is 3. The summed E-state index contributed by atoms with van der Waals surface area (Å²) in [4.78, 5) is 11.2. The number of carbonyl (C=O) groups is 1. The van der Waals surface area contributed by atoms with Gasteiger partial charge in [0, 0.05) is 0 Å². The van der Waals surface area contributed by atoms with Crippen LogP contribution in [0.3, 0.4) is 0 Å². The van der Waals surface area contributed by atoms with Crippen molar-refractivity contribution in [3.8, 4) is 0 Å². The molecule has 0 fully saturated rings. The van der Waals surface area contributed by atoms with Crippen LogP contribution in [0.25, 0.3) is 0 Å². The minimum Gasteiger partial charge on any atom is -0.370 e. The number of urea groups is 1. The first-order valence-corrected chi connectivity index (χ1v) is 7.02. The molecule has 2 atom stereocenters. The zero-order valence-corrected chi connectivity index (χ0v) is 14.3. The van der Waals surface area contributed by atoms with Gasteiger partial charge in [0.05, 0.1) is 0 Å². The lowest BCUT2D eigenvalue weighted by Crippen LogP contribution is -2.53. The Morgan fingerprint density at radius 3 is 1.75 bits per heavy atom. The Balaban J connectivity index is 4.21. The third-order valence-electron chi connectivity index (χ3n) is 1.16. The minimum absolute atomic E-state index is 0.922. The molecule has 0 aliphatic heterocycles. The number of rotatable bonds is 2. The molecule has 0 rings (SSSR count). The third-order valence-corrected chi connectivity index (χ3v) is 3.08. The molecule has 0 saturated carbocycles. The highest BCUT2D eigenvalue weighted by Crippen LogP contribution is 2.36. The van der Waals surface area contributed by atoms with Gasteiger partial charge >= 0.3 is 6.03 Å². The fourth-order valence-corrected chi connectivity index (χ4v) is 0.961. The van der Waals surface area contributed by atoms with Crippen molar-refractivity contribution in [1.29, 1.82) is 0 Å². The van der Waals surface area contributed by atoms with Crippen LogP contribution in [0.1, 0.15) is 0 Å². The van der Waals surface area contributed by atoms with Crippen LogP contribution in [0.5, 0.6) is 0 Å². The molecule has 11 heteroatoms. The van der Waals surface area contributed by atoms with E-state index in [2.05, 4.69) is 53.1 Å². The molecule has 2 unspecified atom stereocenters. The maximum Gasteiger partial charge on any atom is 0.319 e. The highest BCUT2D eigenvalue weighted by atomic mass is 80.0. The van der Waals surface area contributed by atoms with Crippen LogP contribution in [0, 0.1) is 0 Å². The van der Waals surface area contributed by atoms with Gasteiger partial charge in [-0.15, -0.1) is 0 Å². The minimum atomic E-state index is -2.06. The summed E-state index contributed by atoms with van der Waals surface area (Å²) in [5, 5.41) is 22.5. The van der Waals surface area contributed by atoms with Gasteiger partial charge in [0.25, 0.3) is 0 Å². The van der Waals surface area contributed by atoms with E-state index >= 15 is 0 Å². The van der Waals surface area contributed by atoms with Crippen LogP contribution in [-0.2, 0) is 0 Å². The van der Waals surface area contributed by atoms with Crippen LogP contribution in [0.15, 0.2) is 0 Å². The topological polar surface area (TPSA) is 81.6 Å². The van der Waals surface area contributed by atoms with Crippen LogP contribution in [0.2, 0.25) is 0 Å². The lowest BCUT2D eigenvalue weighted by Gasteiger charge is -2.24. The molecular weight excluding hydrogens is 482 g/mol. The number of hydrogen-bond donors (Lipinski definition) is 4. The normalized spacial score (nSPS) is 16.5.